The quantitative estimate of drug-likeness (QED) is 0.680. The highest BCUT2D eigenvalue weighted by Crippen LogP contribution is 2.30. The van der Waals surface area contributed by atoms with Gasteiger partial charge in [0.05, 0.1) is 4.92 Å². The Morgan fingerprint density at radius 1 is 1.30 bits per heavy atom. The number of nitro benzene ring substituents is 1. The summed E-state index contributed by atoms with van der Waals surface area (Å²) in [5.74, 6) is 0. The van der Waals surface area contributed by atoms with E-state index in [9.17, 15) is 10.1 Å². The Hall–Kier alpha value is -1.62. The second-order valence-electron chi connectivity index (χ2n) is 5.90. The monoisotopic (exact) mass is 275 g/mol. The van der Waals surface area contributed by atoms with E-state index in [2.05, 4.69) is 10.2 Å². The van der Waals surface area contributed by atoms with Crippen molar-refractivity contribution in [3.05, 3.63) is 33.9 Å². The Bertz CT molecular complexity index is 518. The number of anilines is 1. The van der Waals surface area contributed by atoms with E-state index in [1.54, 1.807) is 13.0 Å². The maximum atomic E-state index is 11.0. The van der Waals surface area contributed by atoms with E-state index < -0.39 is 0 Å². The lowest BCUT2D eigenvalue weighted by Gasteiger charge is -2.32. The summed E-state index contributed by atoms with van der Waals surface area (Å²) in [7, 11) is 0. The molecule has 0 radical (unpaired) electrons. The topological polar surface area (TPSA) is 58.4 Å². The van der Waals surface area contributed by atoms with Crippen LogP contribution in [-0.4, -0.2) is 35.0 Å². The van der Waals surface area contributed by atoms with Crippen molar-refractivity contribution in [3.8, 4) is 0 Å². The molecule has 2 atom stereocenters. The van der Waals surface area contributed by atoms with Gasteiger partial charge in [-0.1, -0.05) is 12.5 Å². The average molecular weight is 275 g/mol. The van der Waals surface area contributed by atoms with Crippen molar-refractivity contribution in [2.75, 3.05) is 18.4 Å². The fourth-order valence-corrected chi connectivity index (χ4v) is 3.53. The summed E-state index contributed by atoms with van der Waals surface area (Å²) in [6.45, 7) is 4.13. The number of fused-ring (bicyclic) bond motifs is 1. The molecule has 2 aliphatic heterocycles. The smallest absolute Gasteiger partial charge is 0.274 e. The lowest BCUT2D eigenvalue weighted by molar-refractivity contribution is -0.385. The Morgan fingerprint density at radius 3 is 2.95 bits per heavy atom. The van der Waals surface area contributed by atoms with E-state index >= 15 is 0 Å². The highest BCUT2D eigenvalue weighted by molar-refractivity contribution is 5.55. The van der Waals surface area contributed by atoms with E-state index in [-0.39, 0.29) is 10.6 Å². The summed E-state index contributed by atoms with van der Waals surface area (Å²) in [6.07, 6.45) is 4.98. The van der Waals surface area contributed by atoms with E-state index in [1.807, 2.05) is 12.1 Å². The number of hydrogen-bond donors (Lipinski definition) is 1. The summed E-state index contributed by atoms with van der Waals surface area (Å²) in [4.78, 5) is 13.3. The molecule has 0 aliphatic carbocycles. The molecule has 2 aliphatic rings. The van der Waals surface area contributed by atoms with Gasteiger partial charge < -0.3 is 5.32 Å². The molecule has 1 N–H and O–H groups in total. The van der Waals surface area contributed by atoms with Crippen LogP contribution >= 0.6 is 0 Å². The zero-order valence-corrected chi connectivity index (χ0v) is 11.8. The summed E-state index contributed by atoms with van der Waals surface area (Å²) in [6, 6.07) is 6.48. The molecule has 0 aromatic heterocycles. The Labute approximate surface area is 119 Å². The van der Waals surface area contributed by atoms with Gasteiger partial charge in [0.1, 0.15) is 0 Å². The molecule has 1 aromatic rings. The van der Waals surface area contributed by atoms with Gasteiger partial charge in [0.2, 0.25) is 0 Å². The van der Waals surface area contributed by atoms with Crippen molar-refractivity contribution in [2.24, 2.45) is 0 Å². The van der Waals surface area contributed by atoms with Crippen LogP contribution in [-0.2, 0) is 0 Å². The summed E-state index contributed by atoms with van der Waals surface area (Å²) in [5.41, 5.74) is 1.79. The molecule has 0 amide bonds. The van der Waals surface area contributed by atoms with Crippen molar-refractivity contribution in [1.29, 1.82) is 0 Å². The first-order valence-corrected chi connectivity index (χ1v) is 7.41. The molecule has 5 heteroatoms. The number of benzene rings is 1. The minimum atomic E-state index is -0.303. The molecule has 108 valence electrons. The van der Waals surface area contributed by atoms with Crippen LogP contribution in [0.4, 0.5) is 11.4 Å². The number of hydrogen-bond acceptors (Lipinski definition) is 4. The summed E-state index contributed by atoms with van der Waals surface area (Å²) in [5, 5.41) is 14.5. The number of nitrogens with zero attached hydrogens (tertiary/aromatic N) is 2. The number of rotatable bonds is 3. The van der Waals surface area contributed by atoms with Crippen molar-refractivity contribution in [3.63, 3.8) is 0 Å². The van der Waals surface area contributed by atoms with Crippen LogP contribution in [0.5, 0.6) is 0 Å². The van der Waals surface area contributed by atoms with Crippen LogP contribution in [0.15, 0.2) is 18.2 Å². The van der Waals surface area contributed by atoms with E-state index in [1.165, 1.54) is 25.8 Å². The predicted molar refractivity (Wildman–Crippen MR) is 79.1 cm³/mol. The van der Waals surface area contributed by atoms with Gasteiger partial charge in [0.25, 0.3) is 5.69 Å². The van der Waals surface area contributed by atoms with Crippen LogP contribution < -0.4 is 5.32 Å². The first kappa shape index (κ1) is 13.4. The summed E-state index contributed by atoms with van der Waals surface area (Å²) >= 11 is 0. The second-order valence-corrected chi connectivity index (χ2v) is 5.90. The molecule has 5 nitrogen and oxygen atoms in total. The highest BCUT2D eigenvalue weighted by atomic mass is 16.6. The molecule has 0 bridgehead atoms. The van der Waals surface area contributed by atoms with Crippen LogP contribution in [0.3, 0.4) is 0 Å². The van der Waals surface area contributed by atoms with Crippen molar-refractivity contribution in [1.82, 2.24) is 4.90 Å². The molecule has 0 saturated carbocycles. The fraction of sp³-hybridized carbons (Fsp3) is 0.600. The lowest BCUT2D eigenvalue weighted by Crippen LogP contribution is -2.41. The molecular formula is C15H21N3O2. The third kappa shape index (κ3) is 2.50. The third-order valence-corrected chi connectivity index (χ3v) is 4.61. The Kier molecular flexibility index (Phi) is 3.61. The van der Waals surface area contributed by atoms with Gasteiger partial charge in [-0.25, -0.2) is 0 Å². The highest BCUT2D eigenvalue weighted by Gasteiger charge is 2.35. The Balaban J connectivity index is 1.74. The van der Waals surface area contributed by atoms with Crippen LogP contribution in [0.25, 0.3) is 0 Å². The van der Waals surface area contributed by atoms with Crippen molar-refractivity contribution in [2.45, 2.75) is 44.7 Å². The maximum Gasteiger partial charge on any atom is 0.274 e. The molecular weight excluding hydrogens is 254 g/mol. The molecule has 1 aromatic carbocycles. The van der Waals surface area contributed by atoms with Gasteiger partial charge in [-0.3, -0.25) is 15.0 Å². The molecule has 2 heterocycles. The van der Waals surface area contributed by atoms with Gasteiger partial charge in [0, 0.05) is 35.9 Å². The van der Waals surface area contributed by atoms with Crippen molar-refractivity contribution < 1.29 is 4.92 Å². The summed E-state index contributed by atoms with van der Waals surface area (Å²) < 4.78 is 0. The minimum absolute atomic E-state index is 0.202. The van der Waals surface area contributed by atoms with Crippen LogP contribution in [0.1, 0.15) is 31.2 Å². The van der Waals surface area contributed by atoms with Gasteiger partial charge in [-0.2, -0.15) is 0 Å². The molecule has 3 rings (SSSR count). The van der Waals surface area contributed by atoms with E-state index in [0.717, 1.165) is 18.7 Å². The van der Waals surface area contributed by atoms with Gasteiger partial charge in [0.15, 0.2) is 0 Å². The zero-order valence-electron chi connectivity index (χ0n) is 11.8. The van der Waals surface area contributed by atoms with Gasteiger partial charge >= 0.3 is 0 Å². The predicted octanol–water partition coefficient (Wildman–Crippen LogP) is 2.94. The Morgan fingerprint density at radius 2 is 2.15 bits per heavy atom. The standard InChI is InChI=1S/C15H21N3O2/c1-11-5-6-12(10-15(11)18(19)20)16-13-7-9-17-8-3-2-4-14(13)17/h5-6,10,13-14,16H,2-4,7-9H2,1H3. The third-order valence-electron chi connectivity index (χ3n) is 4.61. The molecule has 2 unspecified atom stereocenters. The largest absolute Gasteiger partial charge is 0.380 e. The van der Waals surface area contributed by atoms with Gasteiger partial charge in [-0.15, -0.1) is 0 Å². The minimum Gasteiger partial charge on any atom is -0.380 e. The average Bonchev–Trinajstić information content (AvgIpc) is 2.84. The first-order valence-electron chi connectivity index (χ1n) is 7.41. The number of nitrogens with one attached hydrogen (secondary N) is 1. The molecule has 20 heavy (non-hydrogen) atoms. The first-order chi connectivity index (χ1) is 9.65. The number of piperidine rings is 1. The fourth-order valence-electron chi connectivity index (χ4n) is 3.53. The van der Waals surface area contributed by atoms with Gasteiger partial charge in [-0.05, 0) is 38.8 Å². The van der Waals surface area contributed by atoms with Crippen LogP contribution in [0.2, 0.25) is 0 Å². The lowest BCUT2D eigenvalue weighted by atomic mass is 9.99. The maximum absolute atomic E-state index is 11.0. The van der Waals surface area contributed by atoms with Crippen molar-refractivity contribution >= 4 is 11.4 Å². The zero-order chi connectivity index (χ0) is 14.1. The molecule has 2 fully saturated rings. The second kappa shape index (κ2) is 5.40. The van der Waals surface area contributed by atoms with E-state index in [4.69, 9.17) is 0 Å². The number of aryl methyl sites for hydroxylation is 1. The van der Waals surface area contributed by atoms with Crippen LogP contribution in [0, 0.1) is 17.0 Å². The van der Waals surface area contributed by atoms with E-state index in [0.29, 0.717) is 17.6 Å². The SMILES string of the molecule is Cc1ccc(NC2CCN3CCCCC23)cc1[N+](=O)[O-]. The number of nitro groups is 1. The normalized spacial score (nSPS) is 26.2. The molecule has 0 spiro atoms. The molecule has 2 saturated heterocycles.